The fourth-order valence-electron chi connectivity index (χ4n) is 2.89. The third-order valence-electron chi connectivity index (χ3n) is 4.39. The number of hydrogen-bond acceptors (Lipinski definition) is 3. The fourth-order valence-corrected chi connectivity index (χ4v) is 2.89. The van der Waals surface area contributed by atoms with Crippen molar-refractivity contribution in [2.45, 2.75) is 32.5 Å². The molecular weight excluding hydrogens is 288 g/mol. The molecule has 0 aliphatic carbocycles. The van der Waals surface area contributed by atoms with Crippen molar-refractivity contribution in [3.8, 4) is 0 Å². The van der Waals surface area contributed by atoms with Crippen LogP contribution in [-0.2, 0) is 4.79 Å². The molecule has 122 valence electrons. The van der Waals surface area contributed by atoms with Gasteiger partial charge in [0, 0.05) is 11.8 Å². The topological polar surface area (TPSA) is 57.5 Å². The van der Waals surface area contributed by atoms with Crippen LogP contribution in [0.15, 0.2) is 60.7 Å². The Kier molecular flexibility index (Phi) is 6.08. The Morgan fingerprint density at radius 3 is 1.74 bits per heavy atom. The Bertz CT molecular complexity index is 609. The van der Waals surface area contributed by atoms with Gasteiger partial charge in [-0.2, -0.15) is 0 Å². The van der Waals surface area contributed by atoms with Crippen molar-refractivity contribution in [1.29, 1.82) is 0 Å². The van der Waals surface area contributed by atoms with E-state index in [1.165, 1.54) is 0 Å². The van der Waals surface area contributed by atoms with Gasteiger partial charge in [0.2, 0.25) is 0 Å². The van der Waals surface area contributed by atoms with Crippen molar-refractivity contribution < 1.29 is 15.0 Å². The second-order valence-corrected chi connectivity index (χ2v) is 5.92. The van der Waals surface area contributed by atoms with Gasteiger partial charge in [-0.15, -0.1) is 0 Å². The van der Waals surface area contributed by atoms with Crippen LogP contribution in [-0.4, -0.2) is 16.0 Å². The van der Waals surface area contributed by atoms with Crippen molar-refractivity contribution in [1.82, 2.24) is 0 Å². The predicted octanol–water partition coefficient (Wildman–Crippen LogP) is 3.69. The smallest absolute Gasteiger partial charge is 0.144 e. The zero-order chi connectivity index (χ0) is 16.8. The van der Waals surface area contributed by atoms with Crippen LogP contribution in [0.3, 0.4) is 0 Å². The van der Waals surface area contributed by atoms with Crippen LogP contribution in [0.1, 0.15) is 43.6 Å². The van der Waals surface area contributed by atoms with Crippen LogP contribution in [0.5, 0.6) is 0 Å². The van der Waals surface area contributed by atoms with Crippen molar-refractivity contribution in [2.24, 2.45) is 11.8 Å². The molecule has 0 saturated heterocycles. The summed E-state index contributed by atoms with van der Waals surface area (Å²) in [5.74, 6) is -1.20. The normalized spacial score (nSPS) is 16.3. The van der Waals surface area contributed by atoms with Crippen LogP contribution in [0.25, 0.3) is 0 Å². The molecule has 3 nitrogen and oxygen atoms in total. The molecule has 0 aliphatic rings. The van der Waals surface area contributed by atoms with E-state index in [2.05, 4.69) is 0 Å². The van der Waals surface area contributed by atoms with E-state index in [-0.39, 0.29) is 5.78 Å². The quantitative estimate of drug-likeness (QED) is 0.820. The van der Waals surface area contributed by atoms with E-state index >= 15 is 0 Å². The number of aliphatic hydroxyl groups is 2. The molecule has 2 aromatic rings. The van der Waals surface area contributed by atoms with E-state index in [1.54, 1.807) is 6.92 Å². The number of Topliss-reactive ketones (excluding diaryl/α,β-unsaturated/α-hetero) is 1. The number of rotatable bonds is 7. The summed E-state index contributed by atoms with van der Waals surface area (Å²) in [6.45, 7) is 3.61. The van der Waals surface area contributed by atoms with Gasteiger partial charge in [0.15, 0.2) is 0 Å². The van der Waals surface area contributed by atoms with Crippen molar-refractivity contribution in [3.05, 3.63) is 71.8 Å². The lowest BCUT2D eigenvalue weighted by Crippen LogP contribution is -2.30. The number of hydrogen-bond donors (Lipinski definition) is 2. The Balaban J connectivity index is 2.16. The molecule has 2 aromatic carbocycles. The second-order valence-electron chi connectivity index (χ2n) is 5.92. The van der Waals surface area contributed by atoms with Crippen molar-refractivity contribution in [3.63, 3.8) is 0 Å². The number of ketones is 1. The lowest BCUT2D eigenvalue weighted by Gasteiger charge is -2.26. The van der Waals surface area contributed by atoms with E-state index in [0.717, 1.165) is 11.1 Å². The van der Waals surface area contributed by atoms with Crippen LogP contribution >= 0.6 is 0 Å². The van der Waals surface area contributed by atoms with Gasteiger partial charge in [-0.25, -0.2) is 0 Å². The number of aliphatic hydroxyl groups excluding tert-OH is 2. The number of benzene rings is 2. The third kappa shape index (κ3) is 4.06. The van der Waals surface area contributed by atoms with E-state index < -0.39 is 24.0 Å². The summed E-state index contributed by atoms with van der Waals surface area (Å²) >= 11 is 0. The Labute approximate surface area is 137 Å². The highest BCUT2D eigenvalue weighted by molar-refractivity contribution is 5.84. The minimum absolute atomic E-state index is 0.111. The molecule has 0 aromatic heterocycles. The van der Waals surface area contributed by atoms with Crippen LogP contribution in [0, 0.1) is 11.8 Å². The largest absolute Gasteiger partial charge is 0.388 e. The van der Waals surface area contributed by atoms with Crippen LogP contribution in [0.4, 0.5) is 0 Å². The first-order chi connectivity index (χ1) is 11.1. The maximum Gasteiger partial charge on any atom is 0.144 e. The molecule has 0 fully saturated rings. The summed E-state index contributed by atoms with van der Waals surface area (Å²) in [4.78, 5) is 12.8. The summed E-state index contributed by atoms with van der Waals surface area (Å²) in [7, 11) is 0. The molecule has 3 heteroatoms. The lowest BCUT2D eigenvalue weighted by molar-refractivity contribution is -0.133. The molecule has 0 bridgehead atoms. The molecule has 2 N–H and O–H groups in total. The predicted molar refractivity (Wildman–Crippen MR) is 90.8 cm³/mol. The maximum absolute atomic E-state index is 12.8. The standard InChI is InChI=1S/C20H24O3/c1-3-17(20(23)16-12-8-5-9-13-16)19(22)14(2)18(21)15-10-6-4-7-11-15/h4-14,17-18,20-21,23H,3H2,1-2H3/t14-,17+,18+,20-/m0/s1. The molecular formula is C20H24O3. The average molecular weight is 312 g/mol. The zero-order valence-electron chi connectivity index (χ0n) is 13.6. The van der Waals surface area contributed by atoms with E-state index in [9.17, 15) is 15.0 Å². The molecule has 0 radical (unpaired) electrons. The first kappa shape index (κ1) is 17.4. The summed E-state index contributed by atoms with van der Waals surface area (Å²) in [6.07, 6.45) is -1.18. The molecule has 2 rings (SSSR count). The highest BCUT2D eigenvalue weighted by atomic mass is 16.3. The summed E-state index contributed by atoms with van der Waals surface area (Å²) in [6, 6.07) is 18.4. The number of carbonyl (C=O) groups excluding carboxylic acids is 1. The van der Waals surface area contributed by atoms with E-state index in [1.807, 2.05) is 67.6 Å². The molecule has 23 heavy (non-hydrogen) atoms. The first-order valence-electron chi connectivity index (χ1n) is 8.06. The Morgan fingerprint density at radius 1 is 0.870 bits per heavy atom. The minimum Gasteiger partial charge on any atom is -0.388 e. The van der Waals surface area contributed by atoms with Gasteiger partial charge in [-0.3, -0.25) is 4.79 Å². The fraction of sp³-hybridized carbons (Fsp3) is 0.350. The highest BCUT2D eigenvalue weighted by Crippen LogP contribution is 2.32. The molecule has 0 saturated carbocycles. The molecule has 0 aliphatic heterocycles. The SMILES string of the molecule is CC[C@H](C(=O)[C@@H](C)[C@@H](O)c1ccccc1)[C@@H](O)c1ccccc1. The third-order valence-corrected chi connectivity index (χ3v) is 4.39. The monoisotopic (exact) mass is 312 g/mol. The van der Waals surface area contributed by atoms with E-state index in [0.29, 0.717) is 6.42 Å². The van der Waals surface area contributed by atoms with Crippen LogP contribution in [0.2, 0.25) is 0 Å². The van der Waals surface area contributed by atoms with Crippen molar-refractivity contribution >= 4 is 5.78 Å². The first-order valence-corrected chi connectivity index (χ1v) is 8.06. The van der Waals surface area contributed by atoms with Gasteiger partial charge < -0.3 is 10.2 Å². The Morgan fingerprint density at radius 2 is 1.30 bits per heavy atom. The molecule has 0 unspecified atom stereocenters. The van der Waals surface area contributed by atoms with Gasteiger partial charge in [0.05, 0.1) is 12.2 Å². The number of carbonyl (C=O) groups is 1. The molecule has 0 heterocycles. The van der Waals surface area contributed by atoms with Crippen LogP contribution < -0.4 is 0 Å². The highest BCUT2D eigenvalue weighted by Gasteiger charge is 2.33. The lowest BCUT2D eigenvalue weighted by atomic mass is 9.81. The zero-order valence-corrected chi connectivity index (χ0v) is 13.6. The summed E-state index contributed by atoms with van der Waals surface area (Å²) in [5.41, 5.74) is 1.45. The van der Waals surface area contributed by atoms with Gasteiger partial charge in [0.1, 0.15) is 5.78 Å². The van der Waals surface area contributed by atoms with Gasteiger partial charge >= 0.3 is 0 Å². The summed E-state index contributed by atoms with van der Waals surface area (Å²) in [5, 5.41) is 21.0. The molecule has 0 spiro atoms. The Hall–Kier alpha value is -1.97. The van der Waals surface area contributed by atoms with Gasteiger partial charge in [-0.1, -0.05) is 74.5 Å². The van der Waals surface area contributed by atoms with Gasteiger partial charge in [-0.05, 0) is 17.5 Å². The average Bonchev–Trinajstić information content (AvgIpc) is 2.62. The molecule has 4 atom stereocenters. The second kappa shape index (κ2) is 8.04. The summed E-state index contributed by atoms with van der Waals surface area (Å²) < 4.78 is 0. The maximum atomic E-state index is 12.8. The van der Waals surface area contributed by atoms with Gasteiger partial charge in [0.25, 0.3) is 0 Å². The van der Waals surface area contributed by atoms with Crippen molar-refractivity contribution in [2.75, 3.05) is 0 Å². The minimum atomic E-state index is -0.860. The van der Waals surface area contributed by atoms with E-state index in [4.69, 9.17) is 0 Å². The molecule has 0 amide bonds.